The Kier molecular flexibility index (Phi) is 5.63. The number of pyridine rings is 1. The van der Waals surface area contributed by atoms with Crippen LogP contribution in [0.15, 0.2) is 30.3 Å². The van der Waals surface area contributed by atoms with Crippen molar-refractivity contribution in [1.29, 1.82) is 0 Å². The summed E-state index contributed by atoms with van der Waals surface area (Å²) in [5.41, 5.74) is 2.44. The molecule has 0 atom stereocenters. The second-order valence-electron chi connectivity index (χ2n) is 8.96. The predicted octanol–water partition coefficient (Wildman–Crippen LogP) is 4.57. The van der Waals surface area contributed by atoms with Gasteiger partial charge in [-0.2, -0.15) is 5.10 Å². The lowest BCUT2D eigenvalue weighted by Gasteiger charge is -2.17. The standard InChI is InChI=1S/C25H26F2N6O/c1-14(2)24-16(25(34)28-13-21-30-29-20-9-4-5-12-32(20)21)10-11-19-22(15(3)31-33(19)24)23-17(26)7-6-8-18(23)27/h6-8,10-11,14H,4-5,9,12-13H2,1-3H3,(H,28,34). The van der Waals surface area contributed by atoms with Crippen LogP contribution in [0.2, 0.25) is 0 Å². The molecule has 4 heterocycles. The van der Waals surface area contributed by atoms with E-state index in [0.29, 0.717) is 28.0 Å². The van der Waals surface area contributed by atoms with Crippen LogP contribution >= 0.6 is 0 Å². The zero-order valence-corrected chi connectivity index (χ0v) is 19.4. The van der Waals surface area contributed by atoms with Gasteiger partial charge in [0.15, 0.2) is 5.82 Å². The molecular weight excluding hydrogens is 438 g/mol. The largest absolute Gasteiger partial charge is 0.345 e. The average Bonchev–Trinajstić information content (AvgIpc) is 3.37. The Bertz CT molecular complexity index is 1380. The topological polar surface area (TPSA) is 77.1 Å². The predicted molar refractivity (Wildman–Crippen MR) is 124 cm³/mol. The molecule has 1 aliphatic heterocycles. The summed E-state index contributed by atoms with van der Waals surface area (Å²) in [5.74, 6) is 0.0701. The third kappa shape index (κ3) is 3.65. The van der Waals surface area contributed by atoms with E-state index in [4.69, 9.17) is 0 Å². The number of aryl methyl sites for hydroxylation is 2. The van der Waals surface area contributed by atoms with E-state index < -0.39 is 11.6 Å². The fraction of sp³-hybridized carbons (Fsp3) is 0.360. The van der Waals surface area contributed by atoms with Crippen molar-refractivity contribution in [2.75, 3.05) is 0 Å². The van der Waals surface area contributed by atoms with Crippen LogP contribution in [0.3, 0.4) is 0 Å². The summed E-state index contributed by atoms with van der Waals surface area (Å²) in [6, 6.07) is 7.19. The van der Waals surface area contributed by atoms with Gasteiger partial charge in [0.2, 0.25) is 0 Å². The number of halogens is 2. The van der Waals surface area contributed by atoms with Crippen molar-refractivity contribution in [2.45, 2.75) is 59.0 Å². The van der Waals surface area contributed by atoms with Crippen LogP contribution in [0.25, 0.3) is 16.6 Å². The minimum atomic E-state index is -0.650. The molecule has 0 radical (unpaired) electrons. The van der Waals surface area contributed by atoms with Crippen molar-refractivity contribution in [3.05, 3.63) is 70.6 Å². The Balaban J connectivity index is 1.53. The molecular formula is C25H26F2N6O. The maximum atomic E-state index is 14.6. The number of nitrogens with one attached hydrogen (secondary N) is 1. The molecule has 3 aromatic heterocycles. The van der Waals surface area contributed by atoms with Crippen LogP contribution in [0.1, 0.15) is 66.0 Å². The van der Waals surface area contributed by atoms with Gasteiger partial charge in [-0.15, -0.1) is 10.2 Å². The summed E-state index contributed by atoms with van der Waals surface area (Å²) in [5, 5.41) is 16.0. The van der Waals surface area contributed by atoms with Gasteiger partial charge >= 0.3 is 0 Å². The molecule has 1 aliphatic rings. The number of aromatic nitrogens is 5. The van der Waals surface area contributed by atoms with Crippen molar-refractivity contribution in [2.24, 2.45) is 0 Å². The maximum Gasteiger partial charge on any atom is 0.253 e. The fourth-order valence-electron chi connectivity index (χ4n) is 4.79. The molecule has 4 aromatic rings. The van der Waals surface area contributed by atoms with Crippen LogP contribution in [0, 0.1) is 18.6 Å². The van der Waals surface area contributed by atoms with Gasteiger partial charge < -0.3 is 9.88 Å². The van der Waals surface area contributed by atoms with E-state index in [1.807, 2.05) is 13.8 Å². The van der Waals surface area contributed by atoms with Crippen molar-refractivity contribution >= 4 is 11.4 Å². The Morgan fingerprint density at radius 2 is 1.85 bits per heavy atom. The zero-order chi connectivity index (χ0) is 24.0. The molecule has 0 aliphatic carbocycles. The number of nitrogens with zero attached hydrogens (tertiary/aromatic N) is 5. The van der Waals surface area contributed by atoms with Gasteiger partial charge in [0, 0.05) is 18.5 Å². The second kappa shape index (κ2) is 8.62. The van der Waals surface area contributed by atoms with Gasteiger partial charge in [-0.3, -0.25) is 4.79 Å². The Labute approximate surface area is 195 Å². The Morgan fingerprint density at radius 3 is 2.59 bits per heavy atom. The molecule has 5 rings (SSSR count). The van der Waals surface area contributed by atoms with Crippen molar-refractivity contribution in [3.63, 3.8) is 0 Å². The second-order valence-corrected chi connectivity index (χ2v) is 8.96. The number of carbonyl (C=O) groups excluding carboxylic acids is 1. The van der Waals surface area contributed by atoms with Gasteiger partial charge in [-0.1, -0.05) is 19.9 Å². The Hall–Kier alpha value is -3.62. The van der Waals surface area contributed by atoms with Gasteiger partial charge in [0.1, 0.15) is 17.5 Å². The minimum Gasteiger partial charge on any atom is -0.345 e. The first-order chi connectivity index (χ1) is 16.4. The molecule has 0 saturated carbocycles. The summed E-state index contributed by atoms with van der Waals surface area (Å²) in [6.07, 6.45) is 3.08. The third-order valence-corrected chi connectivity index (χ3v) is 6.36. The number of rotatable bonds is 5. The molecule has 1 amide bonds. The lowest BCUT2D eigenvalue weighted by atomic mass is 9.99. The van der Waals surface area contributed by atoms with E-state index in [1.54, 1.807) is 23.6 Å². The van der Waals surface area contributed by atoms with Crippen molar-refractivity contribution in [3.8, 4) is 11.1 Å². The number of fused-ring (bicyclic) bond motifs is 2. The number of amides is 1. The van der Waals surface area contributed by atoms with Crippen LogP contribution in [0.5, 0.6) is 0 Å². The molecule has 0 bridgehead atoms. The van der Waals surface area contributed by atoms with E-state index >= 15 is 0 Å². The molecule has 7 nitrogen and oxygen atoms in total. The van der Waals surface area contributed by atoms with Crippen molar-refractivity contribution in [1.82, 2.24) is 29.7 Å². The Morgan fingerprint density at radius 1 is 1.09 bits per heavy atom. The van der Waals surface area contributed by atoms with Crippen LogP contribution < -0.4 is 5.32 Å². The first kappa shape index (κ1) is 22.2. The van der Waals surface area contributed by atoms with Gasteiger partial charge in [-0.05, 0) is 49.9 Å². The number of benzene rings is 1. The molecule has 176 valence electrons. The van der Waals surface area contributed by atoms with Crippen LogP contribution in [-0.2, 0) is 19.5 Å². The summed E-state index contributed by atoms with van der Waals surface area (Å²) >= 11 is 0. The first-order valence-electron chi connectivity index (χ1n) is 11.5. The number of carbonyl (C=O) groups is 1. The minimum absolute atomic E-state index is 0.0667. The van der Waals surface area contributed by atoms with E-state index in [9.17, 15) is 13.6 Å². The van der Waals surface area contributed by atoms with E-state index in [1.165, 1.54) is 18.2 Å². The van der Waals surface area contributed by atoms with E-state index in [2.05, 4.69) is 25.2 Å². The SMILES string of the molecule is Cc1nn2c(C(C)C)c(C(=O)NCc3nnc4n3CCCC4)ccc2c1-c1c(F)cccc1F. The molecule has 0 unspecified atom stereocenters. The number of hydrogen-bond donors (Lipinski definition) is 1. The smallest absolute Gasteiger partial charge is 0.253 e. The quantitative estimate of drug-likeness (QED) is 0.469. The summed E-state index contributed by atoms with van der Waals surface area (Å²) in [4.78, 5) is 13.2. The monoisotopic (exact) mass is 464 g/mol. The number of hydrogen-bond acceptors (Lipinski definition) is 4. The molecule has 0 saturated heterocycles. The highest BCUT2D eigenvalue weighted by Gasteiger charge is 2.25. The van der Waals surface area contributed by atoms with E-state index in [0.717, 1.165) is 37.5 Å². The van der Waals surface area contributed by atoms with Crippen molar-refractivity contribution < 1.29 is 13.6 Å². The highest BCUT2D eigenvalue weighted by atomic mass is 19.1. The van der Waals surface area contributed by atoms with E-state index in [-0.39, 0.29) is 23.9 Å². The summed E-state index contributed by atoms with van der Waals surface area (Å²) < 4.78 is 32.9. The average molecular weight is 465 g/mol. The van der Waals surface area contributed by atoms with Gasteiger partial charge in [0.05, 0.1) is 34.6 Å². The third-order valence-electron chi connectivity index (χ3n) is 6.36. The highest BCUT2D eigenvalue weighted by molar-refractivity contribution is 5.96. The molecule has 0 spiro atoms. The normalized spacial score (nSPS) is 13.5. The summed E-state index contributed by atoms with van der Waals surface area (Å²) in [6.45, 7) is 6.76. The molecule has 34 heavy (non-hydrogen) atoms. The lowest BCUT2D eigenvalue weighted by Crippen LogP contribution is -2.27. The molecule has 0 fully saturated rings. The maximum absolute atomic E-state index is 14.6. The molecule has 1 aromatic carbocycles. The van der Waals surface area contributed by atoms with Gasteiger partial charge in [0.25, 0.3) is 5.91 Å². The lowest BCUT2D eigenvalue weighted by molar-refractivity contribution is 0.0947. The first-order valence-corrected chi connectivity index (χ1v) is 11.5. The molecule has 1 N–H and O–H groups in total. The fourth-order valence-corrected chi connectivity index (χ4v) is 4.79. The van der Waals surface area contributed by atoms with Crippen LogP contribution in [0.4, 0.5) is 8.78 Å². The summed E-state index contributed by atoms with van der Waals surface area (Å²) in [7, 11) is 0. The van der Waals surface area contributed by atoms with Gasteiger partial charge in [-0.25, -0.2) is 13.3 Å². The highest BCUT2D eigenvalue weighted by Crippen LogP contribution is 2.34. The molecule has 9 heteroatoms. The zero-order valence-electron chi connectivity index (χ0n) is 19.4. The van der Waals surface area contributed by atoms with Crippen LogP contribution in [-0.4, -0.2) is 30.3 Å².